The van der Waals surface area contributed by atoms with Crippen LogP contribution >= 0.6 is 0 Å². The molecule has 5 nitrogen and oxygen atoms in total. The summed E-state index contributed by atoms with van der Waals surface area (Å²) in [5.74, 6) is -0.146. The molecule has 1 aromatic heterocycles. The van der Waals surface area contributed by atoms with Gasteiger partial charge in [0.25, 0.3) is 5.91 Å². The largest absolute Gasteiger partial charge is 0.397 e. The number of benzene rings is 1. The number of nitrogens with one attached hydrogen (secondary N) is 1. The second-order valence-electron chi connectivity index (χ2n) is 5.47. The number of hydrogen-bond acceptors (Lipinski definition) is 3. The number of aromatic nitrogens is 1. The molecule has 0 unspecified atom stereocenters. The van der Waals surface area contributed by atoms with Gasteiger partial charge in [0, 0.05) is 37.7 Å². The molecule has 5 heteroatoms. The zero-order chi connectivity index (χ0) is 14.8. The van der Waals surface area contributed by atoms with Crippen molar-refractivity contribution in [3.8, 4) is 0 Å². The van der Waals surface area contributed by atoms with Gasteiger partial charge in [-0.1, -0.05) is 6.07 Å². The Hall–Kier alpha value is -2.43. The Balaban J connectivity index is 1.77. The smallest absolute Gasteiger partial charge is 0.272 e. The fourth-order valence-electron chi connectivity index (χ4n) is 2.77. The number of aryl methyl sites for hydroxylation is 1. The molecular formula is C16H20N4O. The molecule has 0 atom stereocenters. The summed E-state index contributed by atoms with van der Waals surface area (Å²) in [6.45, 7) is 2.18. The van der Waals surface area contributed by atoms with Crippen molar-refractivity contribution in [3.05, 3.63) is 42.2 Å². The van der Waals surface area contributed by atoms with Crippen molar-refractivity contribution >= 4 is 23.0 Å². The SMILES string of the molecule is Cn1cc(N)cc1C(=O)Nc1cccc(N2CCCC2)c1. The van der Waals surface area contributed by atoms with Crippen LogP contribution in [0, 0.1) is 0 Å². The molecule has 0 bridgehead atoms. The second-order valence-corrected chi connectivity index (χ2v) is 5.47. The van der Waals surface area contributed by atoms with E-state index in [0.717, 1.165) is 24.5 Å². The Morgan fingerprint density at radius 3 is 2.67 bits per heavy atom. The van der Waals surface area contributed by atoms with Crippen molar-refractivity contribution in [2.75, 3.05) is 29.0 Å². The van der Waals surface area contributed by atoms with Gasteiger partial charge in [-0.25, -0.2) is 0 Å². The van der Waals surface area contributed by atoms with E-state index >= 15 is 0 Å². The number of carbonyl (C=O) groups is 1. The Bertz CT molecular complexity index is 656. The zero-order valence-corrected chi connectivity index (χ0v) is 12.2. The Labute approximate surface area is 124 Å². The number of rotatable bonds is 3. The molecule has 3 rings (SSSR count). The van der Waals surface area contributed by atoms with Gasteiger partial charge in [0.1, 0.15) is 5.69 Å². The van der Waals surface area contributed by atoms with E-state index in [1.807, 2.05) is 25.2 Å². The number of hydrogen-bond donors (Lipinski definition) is 2. The number of nitrogen functional groups attached to an aromatic ring is 1. The summed E-state index contributed by atoms with van der Waals surface area (Å²) in [6.07, 6.45) is 4.20. The summed E-state index contributed by atoms with van der Waals surface area (Å²) in [5, 5.41) is 2.93. The topological polar surface area (TPSA) is 63.3 Å². The van der Waals surface area contributed by atoms with Crippen LogP contribution < -0.4 is 16.0 Å². The van der Waals surface area contributed by atoms with Crippen molar-refractivity contribution in [1.29, 1.82) is 0 Å². The monoisotopic (exact) mass is 284 g/mol. The Kier molecular flexibility index (Phi) is 3.56. The molecule has 2 aromatic rings. The lowest BCUT2D eigenvalue weighted by molar-refractivity contribution is 0.101. The summed E-state index contributed by atoms with van der Waals surface area (Å²) in [6, 6.07) is 9.67. The number of nitrogens with zero attached hydrogens (tertiary/aromatic N) is 2. The van der Waals surface area contributed by atoms with Gasteiger partial charge in [-0.2, -0.15) is 0 Å². The van der Waals surface area contributed by atoms with Gasteiger partial charge in [-0.3, -0.25) is 4.79 Å². The minimum absolute atomic E-state index is 0.146. The van der Waals surface area contributed by atoms with E-state index in [1.54, 1.807) is 16.8 Å². The summed E-state index contributed by atoms with van der Waals surface area (Å²) in [7, 11) is 1.81. The van der Waals surface area contributed by atoms with E-state index in [0.29, 0.717) is 11.4 Å². The van der Waals surface area contributed by atoms with E-state index < -0.39 is 0 Å². The molecule has 1 fully saturated rings. The fourth-order valence-corrected chi connectivity index (χ4v) is 2.77. The molecule has 0 saturated carbocycles. The van der Waals surface area contributed by atoms with Crippen molar-refractivity contribution in [1.82, 2.24) is 4.57 Å². The second kappa shape index (κ2) is 5.52. The van der Waals surface area contributed by atoms with Crippen LogP contribution in [0.15, 0.2) is 36.5 Å². The quantitative estimate of drug-likeness (QED) is 0.910. The van der Waals surface area contributed by atoms with E-state index in [-0.39, 0.29) is 5.91 Å². The predicted octanol–water partition coefficient (Wildman–Crippen LogP) is 2.46. The third kappa shape index (κ3) is 2.86. The zero-order valence-electron chi connectivity index (χ0n) is 12.2. The highest BCUT2D eigenvalue weighted by Gasteiger charge is 2.14. The van der Waals surface area contributed by atoms with Gasteiger partial charge in [-0.15, -0.1) is 0 Å². The van der Waals surface area contributed by atoms with Crippen molar-refractivity contribution in [2.45, 2.75) is 12.8 Å². The fraction of sp³-hybridized carbons (Fsp3) is 0.312. The average Bonchev–Trinajstić information content (AvgIpc) is 3.08. The highest BCUT2D eigenvalue weighted by Crippen LogP contribution is 2.23. The molecular weight excluding hydrogens is 264 g/mol. The third-order valence-corrected chi connectivity index (χ3v) is 3.83. The first-order valence-electron chi connectivity index (χ1n) is 7.22. The number of nitrogens with two attached hydrogens (primary N) is 1. The van der Waals surface area contributed by atoms with Crippen LogP contribution in [-0.4, -0.2) is 23.6 Å². The molecule has 110 valence electrons. The molecule has 2 heterocycles. The van der Waals surface area contributed by atoms with E-state index in [2.05, 4.69) is 16.3 Å². The summed E-state index contributed by atoms with van der Waals surface area (Å²) < 4.78 is 1.73. The number of amides is 1. The standard InChI is InChI=1S/C16H20N4O/c1-19-11-12(17)9-15(19)16(21)18-13-5-4-6-14(10-13)20-7-2-3-8-20/h4-6,9-11H,2-3,7-8,17H2,1H3,(H,18,21). The lowest BCUT2D eigenvalue weighted by Gasteiger charge is -2.18. The highest BCUT2D eigenvalue weighted by molar-refractivity contribution is 6.04. The first kappa shape index (κ1) is 13.5. The first-order chi connectivity index (χ1) is 10.1. The van der Waals surface area contributed by atoms with Crippen molar-refractivity contribution in [2.24, 2.45) is 7.05 Å². The summed E-state index contributed by atoms with van der Waals surface area (Å²) in [5.41, 5.74) is 8.83. The van der Waals surface area contributed by atoms with E-state index in [1.165, 1.54) is 12.8 Å². The molecule has 1 aliphatic heterocycles. The van der Waals surface area contributed by atoms with E-state index in [9.17, 15) is 4.79 Å². The third-order valence-electron chi connectivity index (χ3n) is 3.83. The molecule has 1 saturated heterocycles. The van der Waals surface area contributed by atoms with Gasteiger partial charge in [0.2, 0.25) is 0 Å². The van der Waals surface area contributed by atoms with Gasteiger partial charge in [0.05, 0.1) is 5.69 Å². The van der Waals surface area contributed by atoms with Crippen LogP contribution in [0.1, 0.15) is 23.3 Å². The predicted molar refractivity (Wildman–Crippen MR) is 85.7 cm³/mol. The normalized spacial score (nSPS) is 14.4. The Morgan fingerprint density at radius 2 is 2.00 bits per heavy atom. The highest BCUT2D eigenvalue weighted by atomic mass is 16.1. The molecule has 3 N–H and O–H groups in total. The molecule has 1 amide bonds. The lowest BCUT2D eigenvalue weighted by Crippen LogP contribution is -2.18. The molecule has 1 aliphatic rings. The molecule has 1 aromatic carbocycles. The van der Waals surface area contributed by atoms with Gasteiger partial charge in [-0.05, 0) is 37.1 Å². The van der Waals surface area contributed by atoms with Gasteiger partial charge < -0.3 is 20.5 Å². The van der Waals surface area contributed by atoms with Crippen LogP contribution in [0.4, 0.5) is 17.1 Å². The summed E-state index contributed by atoms with van der Waals surface area (Å²) in [4.78, 5) is 14.6. The average molecular weight is 284 g/mol. The van der Waals surface area contributed by atoms with Gasteiger partial charge >= 0.3 is 0 Å². The number of carbonyl (C=O) groups excluding carboxylic acids is 1. The van der Waals surface area contributed by atoms with Crippen molar-refractivity contribution < 1.29 is 4.79 Å². The van der Waals surface area contributed by atoms with Crippen LogP contribution in [-0.2, 0) is 7.05 Å². The first-order valence-corrected chi connectivity index (χ1v) is 7.22. The van der Waals surface area contributed by atoms with Crippen LogP contribution in [0.5, 0.6) is 0 Å². The lowest BCUT2D eigenvalue weighted by atomic mass is 10.2. The maximum atomic E-state index is 12.3. The molecule has 0 radical (unpaired) electrons. The minimum atomic E-state index is -0.146. The maximum Gasteiger partial charge on any atom is 0.272 e. The Morgan fingerprint density at radius 1 is 1.24 bits per heavy atom. The minimum Gasteiger partial charge on any atom is -0.397 e. The van der Waals surface area contributed by atoms with Crippen LogP contribution in [0.2, 0.25) is 0 Å². The van der Waals surface area contributed by atoms with Gasteiger partial charge in [0.15, 0.2) is 0 Å². The van der Waals surface area contributed by atoms with E-state index in [4.69, 9.17) is 5.73 Å². The number of anilines is 3. The molecule has 21 heavy (non-hydrogen) atoms. The molecule has 0 spiro atoms. The van der Waals surface area contributed by atoms with Crippen LogP contribution in [0.3, 0.4) is 0 Å². The van der Waals surface area contributed by atoms with Crippen LogP contribution in [0.25, 0.3) is 0 Å². The maximum absolute atomic E-state index is 12.3. The van der Waals surface area contributed by atoms with Crippen molar-refractivity contribution in [3.63, 3.8) is 0 Å². The molecule has 0 aliphatic carbocycles. The summed E-state index contributed by atoms with van der Waals surface area (Å²) >= 11 is 0.